The predicted octanol–water partition coefficient (Wildman–Crippen LogP) is 1.88. The lowest BCUT2D eigenvalue weighted by atomic mass is 10.2. The van der Waals surface area contributed by atoms with Gasteiger partial charge in [0.15, 0.2) is 0 Å². The monoisotopic (exact) mass is 336 g/mol. The van der Waals surface area contributed by atoms with Crippen molar-refractivity contribution in [3.63, 3.8) is 0 Å². The molecule has 2 amide bonds. The van der Waals surface area contributed by atoms with Crippen LogP contribution < -0.4 is 5.32 Å². The summed E-state index contributed by atoms with van der Waals surface area (Å²) in [7, 11) is 0. The van der Waals surface area contributed by atoms with Crippen LogP contribution in [0.25, 0.3) is 0 Å². The van der Waals surface area contributed by atoms with Crippen molar-refractivity contribution in [2.24, 2.45) is 5.92 Å². The lowest BCUT2D eigenvalue weighted by Gasteiger charge is -2.23. The first-order chi connectivity index (χ1) is 11.1. The van der Waals surface area contributed by atoms with Crippen molar-refractivity contribution in [3.8, 4) is 0 Å². The van der Waals surface area contributed by atoms with E-state index in [9.17, 15) is 9.59 Å². The number of hydrogen-bond acceptors (Lipinski definition) is 4. The number of carbonyl (C=O) groups excluding carboxylic acids is 1. The number of rotatable bonds is 8. The Bertz CT molecular complexity index is 613. The van der Waals surface area contributed by atoms with E-state index in [1.165, 1.54) is 0 Å². The normalized spacial score (nSPS) is 11.9. The topological polar surface area (TPSA) is 87.5 Å². The van der Waals surface area contributed by atoms with Gasteiger partial charge in [0.1, 0.15) is 0 Å². The minimum absolute atomic E-state index is 0.110. The summed E-state index contributed by atoms with van der Waals surface area (Å²) in [6, 6.07) is 1.71. The molecule has 0 saturated heterocycles. The maximum atomic E-state index is 12.4. The first-order valence-electron chi connectivity index (χ1n) is 7.28. The van der Waals surface area contributed by atoms with Gasteiger partial charge < -0.3 is 19.9 Å². The quantitative estimate of drug-likeness (QED) is 0.770. The molecule has 0 saturated carbocycles. The number of hydrogen-bond donors (Lipinski definition) is 2. The molecule has 1 atom stereocenters. The molecule has 0 aromatic carbocycles. The zero-order valence-corrected chi connectivity index (χ0v) is 13.7. The second kappa shape index (κ2) is 8.33. The van der Waals surface area contributed by atoms with Gasteiger partial charge in [0.2, 0.25) is 0 Å². The molecule has 2 rings (SSSR count). The third-order valence-corrected chi connectivity index (χ3v) is 4.14. The molecule has 8 heteroatoms. The average molecular weight is 336 g/mol. The van der Waals surface area contributed by atoms with E-state index in [1.54, 1.807) is 35.7 Å². The molecule has 1 unspecified atom stereocenters. The number of imidazole rings is 1. The smallest absolute Gasteiger partial charge is 0.317 e. The molecular formula is C15H20N4O3S. The molecule has 0 bridgehead atoms. The minimum Gasteiger partial charge on any atom is -0.481 e. The Kier molecular flexibility index (Phi) is 6.16. The van der Waals surface area contributed by atoms with Crippen molar-refractivity contribution in [2.45, 2.75) is 20.0 Å². The van der Waals surface area contributed by atoms with E-state index in [2.05, 4.69) is 10.3 Å². The Morgan fingerprint density at radius 1 is 1.52 bits per heavy atom. The van der Waals surface area contributed by atoms with Crippen molar-refractivity contribution < 1.29 is 14.7 Å². The van der Waals surface area contributed by atoms with E-state index >= 15 is 0 Å². The van der Waals surface area contributed by atoms with Crippen LogP contribution >= 0.6 is 11.3 Å². The van der Waals surface area contributed by atoms with E-state index < -0.39 is 11.9 Å². The van der Waals surface area contributed by atoms with Crippen LogP contribution in [-0.2, 0) is 17.9 Å². The molecule has 0 spiro atoms. The van der Waals surface area contributed by atoms with Crippen LogP contribution in [0.5, 0.6) is 0 Å². The fourth-order valence-corrected chi connectivity index (χ4v) is 2.61. The number of amides is 2. The van der Waals surface area contributed by atoms with E-state index in [0.29, 0.717) is 19.6 Å². The third kappa shape index (κ3) is 5.41. The molecule has 23 heavy (non-hydrogen) atoms. The molecule has 7 nitrogen and oxygen atoms in total. The summed E-state index contributed by atoms with van der Waals surface area (Å²) in [6.45, 7) is 3.31. The first-order valence-corrected chi connectivity index (χ1v) is 8.23. The van der Waals surface area contributed by atoms with Crippen molar-refractivity contribution in [2.75, 3.05) is 13.1 Å². The predicted molar refractivity (Wildman–Crippen MR) is 87.2 cm³/mol. The molecule has 2 aromatic rings. The van der Waals surface area contributed by atoms with E-state index in [-0.39, 0.29) is 12.6 Å². The minimum atomic E-state index is -0.923. The van der Waals surface area contributed by atoms with Crippen molar-refractivity contribution in [1.82, 2.24) is 19.8 Å². The lowest BCUT2D eigenvalue weighted by Crippen LogP contribution is -2.43. The van der Waals surface area contributed by atoms with Gasteiger partial charge in [0.05, 0.1) is 12.2 Å². The molecule has 0 fully saturated rings. The van der Waals surface area contributed by atoms with E-state index in [1.807, 2.05) is 27.6 Å². The summed E-state index contributed by atoms with van der Waals surface area (Å²) in [5.41, 5.74) is 1.06. The maximum absolute atomic E-state index is 12.4. The zero-order valence-electron chi connectivity index (χ0n) is 12.9. The molecule has 2 aromatic heterocycles. The molecule has 0 aliphatic carbocycles. The van der Waals surface area contributed by atoms with Crippen LogP contribution in [0.3, 0.4) is 0 Å². The van der Waals surface area contributed by atoms with E-state index in [4.69, 9.17) is 5.11 Å². The summed E-state index contributed by atoms with van der Waals surface area (Å²) in [5.74, 6) is -1.54. The van der Waals surface area contributed by atoms with Crippen LogP contribution in [0.4, 0.5) is 4.79 Å². The zero-order chi connectivity index (χ0) is 16.7. The van der Waals surface area contributed by atoms with Gasteiger partial charge >= 0.3 is 12.0 Å². The Labute approximate surface area is 138 Å². The van der Waals surface area contributed by atoms with E-state index in [0.717, 1.165) is 5.56 Å². The highest BCUT2D eigenvalue weighted by Gasteiger charge is 2.17. The maximum Gasteiger partial charge on any atom is 0.317 e. The van der Waals surface area contributed by atoms with Crippen LogP contribution in [0.1, 0.15) is 12.5 Å². The fourth-order valence-electron chi connectivity index (χ4n) is 1.95. The Morgan fingerprint density at radius 3 is 2.96 bits per heavy atom. The third-order valence-electron chi connectivity index (χ3n) is 3.41. The number of aliphatic carboxylic acids is 1. The van der Waals surface area contributed by atoms with Crippen molar-refractivity contribution in [1.29, 1.82) is 0 Å². The highest BCUT2D eigenvalue weighted by Crippen LogP contribution is 2.10. The van der Waals surface area contributed by atoms with Crippen molar-refractivity contribution >= 4 is 23.3 Å². The number of carboxylic acids is 1. The number of carbonyl (C=O) groups is 2. The number of aromatic nitrogens is 2. The fraction of sp³-hybridized carbons (Fsp3) is 0.400. The molecular weight excluding hydrogens is 316 g/mol. The first kappa shape index (κ1) is 17.0. The standard InChI is InChI=1S/C15H20N4O3S/c1-12(14(20)21)8-17-15(22)19(9-13-2-7-23-10-13)6-5-18-4-3-16-11-18/h2-4,7,10-12H,5-6,8-9H2,1H3,(H,17,22)(H,20,21). The summed E-state index contributed by atoms with van der Waals surface area (Å²) in [4.78, 5) is 28.9. The second-order valence-electron chi connectivity index (χ2n) is 5.28. The number of urea groups is 1. The Morgan fingerprint density at radius 2 is 2.35 bits per heavy atom. The van der Waals surface area contributed by atoms with Crippen molar-refractivity contribution in [3.05, 3.63) is 41.1 Å². The molecule has 0 aliphatic heterocycles. The number of nitrogens with zero attached hydrogens (tertiary/aromatic N) is 3. The molecule has 0 aliphatic rings. The molecule has 2 heterocycles. The van der Waals surface area contributed by atoms with Gasteiger partial charge in [-0.25, -0.2) is 9.78 Å². The molecule has 124 valence electrons. The summed E-state index contributed by atoms with van der Waals surface area (Å²) in [5, 5.41) is 15.6. The Hall–Kier alpha value is -2.35. The van der Waals surface area contributed by atoms with Gasteiger partial charge in [-0.1, -0.05) is 6.92 Å². The summed E-state index contributed by atoms with van der Waals surface area (Å²) in [6.07, 6.45) is 5.23. The average Bonchev–Trinajstić information content (AvgIpc) is 3.21. The summed E-state index contributed by atoms with van der Waals surface area (Å²) >= 11 is 1.58. The van der Waals surface area contributed by atoms with Gasteiger partial charge in [-0.2, -0.15) is 11.3 Å². The number of nitrogens with one attached hydrogen (secondary N) is 1. The van der Waals surface area contributed by atoms with Crippen LogP contribution in [0.15, 0.2) is 35.5 Å². The second-order valence-corrected chi connectivity index (χ2v) is 6.06. The van der Waals surface area contributed by atoms with Crippen LogP contribution in [0.2, 0.25) is 0 Å². The van der Waals surface area contributed by atoms with Gasteiger partial charge in [0, 0.05) is 38.6 Å². The molecule has 0 radical (unpaired) electrons. The number of carboxylic acid groups (broad SMARTS) is 1. The highest BCUT2D eigenvalue weighted by atomic mass is 32.1. The SMILES string of the molecule is CC(CNC(=O)N(CCn1ccnc1)Cc1ccsc1)C(=O)O. The molecule has 2 N–H and O–H groups in total. The summed E-state index contributed by atoms with van der Waals surface area (Å²) < 4.78 is 1.90. The Balaban J connectivity index is 1.93. The van der Waals surface area contributed by atoms with Gasteiger partial charge in [-0.3, -0.25) is 4.79 Å². The van der Waals surface area contributed by atoms with Gasteiger partial charge in [-0.15, -0.1) is 0 Å². The van der Waals surface area contributed by atoms with Gasteiger partial charge in [-0.05, 0) is 22.4 Å². The number of thiophene rings is 1. The van der Waals surface area contributed by atoms with Crippen LogP contribution in [-0.4, -0.2) is 44.6 Å². The largest absolute Gasteiger partial charge is 0.481 e. The van der Waals surface area contributed by atoms with Gasteiger partial charge in [0.25, 0.3) is 0 Å². The van der Waals surface area contributed by atoms with Crippen LogP contribution in [0, 0.1) is 5.92 Å². The highest BCUT2D eigenvalue weighted by molar-refractivity contribution is 7.07. The lowest BCUT2D eigenvalue weighted by molar-refractivity contribution is -0.140.